The van der Waals surface area contributed by atoms with E-state index in [-0.39, 0.29) is 0 Å². The molecule has 0 aliphatic heterocycles. The van der Waals surface area contributed by atoms with Crippen LogP contribution >= 0.6 is 0 Å². The summed E-state index contributed by atoms with van der Waals surface area (Å²) in [5, 5.41) is 11.9. The quantitative estimate of drug-likeness (QED) is 0.157. The zero-order valence-electron chi connectivity index (χ0n) is 32.7. The van der Waals surface area contributed by atoms with Crippen LogP contribution in [0.3, 0.4) is 0 Å². The van der Waals surface area contributed by atoms with Gasteiger partial charge in [-0.2, -0.15) is 0 Å². The van der Waals surface area contributed by atoms with Crippen molar-refractivity contribution in [1.82, 2.24) is 0 Å². The molecule has 60 heavy (non-hydrogen) atoms. The van der Waals surface area contributed by atoms with Crippen LogP contribution in [0.25, 0.3) is 98.4 Å². The van der Waals surface area contributed by atoms with Crippen molar-refractivity contribution in [1.29, 1.82) is 0 Å². The fraction of sp³-hybridized carbons (Fsp3) is 0. The first kappa shape index (κ1) is 34.1. The number of hydrogen-bond donors (Lipinski definition) is 0. The summed E-state index contributed by atoms with van der Waals surface area (Å²) >= 11 is 0. The third-order valence-electron chi connectivity index (χ3n) is 12.2. The zero-order chi connectivity index (χ0) is 39.6. The fourth-order valence-corrected chi connectivity index (χ4v) is 9.49. The van der Waals surface area contributed by atoms with Crippen LogP contribution in [0.1, 0.15) is 0 Å². The monoisotopic (exact) mass is 763 g/mol. The molecule has 2 nitrogen and oxygen atoms in total. The minimum Gasteiger partial charge on any atom is -0.456 e. The second-order valence-corrected chi connectivity index (χ2v) is 15.6. The molecule has 12 aromatic rings. The van der Waals surface area contributed by atoms with E-state index in [9.17, 15) is 0 Å². The van der Waals surface area contributed by atoms with Gasteiger partial charge in [0.05, 0.1) is 16.8 Å². The Morgan fingerprint density at radius 2 is 0.900 bits per heavy atom. The molecule has 0 saturated heterocycles. The van der Waals surface area contributed by atoms with E-state index >= 15 is 0 Å². The van der Waals surface area contributed by atoms with E-state index in [1.807, 2.05) is 0 Å². The van der Waals surface area contributed by atoms with Crippen molar-refractivity contribution in [2.24, 2.45) is 0 Å². The fourth-order valence-electron chi connectivity index (χ4n) is 9.49. The molecule has 0 spiro atoms. The molecule has 0 bridgehead atoms. The number of hydrogen-bond acceptors (Lipinski definition) is 2. The maximum atomic E-state index is 6.68. The molecule has 0 N–H and O–H groups in total. The molecule has 280 valence electrons. The molecular formula is C58H37NO. The highest BCUT2D eigenvalue weighted by atomic mass is 16.3. The maximum Gasteiger partial charge on any atom is 0.137 e. The van der Waals surface area contributed by atoms with Crippen molar-refractivity contribution in [3.8, 4) is 33.4 Å². The number of rotatable bonds is 6. The summed E-state index contributed by atoms with van der Waals surface area (Å²) in [7, 11) is 0. The first-order chi connectivity index (χ1) is 29.8. The van der Waals surface area contributed by atoms with E-state index in [0.717, 1.165) is 50.0 Å². The summed E-state index contributed by atoms with van der Waals surface area (Å²) in [6.07, 6.45) is 0. The molecule has 0 unspecified atom stereocenters. The second kappa shape index (κ2) is 13.9. The van der Waals surface area contributed by atoms with E-state index in [1.54, 1.807) is 0 Å². The Morgan fingerprint density at radius 3 is 1.72 bits per heavy atom. The maximum absolute atomic E-state index is 6.68. The molecule has 1 aromatic heterocycles. The van der Waals surface area contributed by atoms with Gasteiger partial charge in [0.25, 0.3) is 0 Å². The average molecular weight is 764 g/mol. The van der Waals surface area contributed by atoms with Gasteiger partial charge in [-0.15, -0.1) is 0 Å². The Bertz CT molecular complexity index is 3620. The summed E-state index contributed by atoms with van der Waals surface area (Å²) in [4.78, 5) is 2.45. The lowest BCUT2D eigenvalue weighted by Crippen LogP contribution is -2.11. The molecule has 0 saturated carbocycles. The highest BCUT2D eigenvalue weighted by Gasteiger charge is 2.23. The first-order valence-corrected chi connectivity index (χ1v) is 20.6. The van der Waals surface area contributed by atoms with Crippen LogP contribution in [-0.4, -0.2) is 0 Å². The SMILES string of the molecule is c1ccc(-c2ccc(N(c3cccc(-c4ccccc4-c4cc5ccccc5c5ccccc45)c3)c3cccc4oc5cc6ccccc6cc5c34)c3ccccc23)cc1. The van der Waals surface area contributed by atoms with Crippen LogP contribution in [-0.2, 0) is 0 Å². The molecule has 0 radical (unpaired) electrons. The van der Waals surface area contributed by atoms with Crippen molar-refractivity contribution in [3.63, 3.8) is 0 Å². The number of nitrogens with zero attached hydrogens (tertiary/aromatic N) is 1. The predicted octanol–water partition coefficient (Wildman–Crippen LogP) is 16.7. The third kappa shape index (κ3) is 5.50. The van der Waals surface area contributed by atoms with Crippen LogP contribution in [0, 0.1) is 0 Å². The van der Waals surface area contributed by atoms with Crippen molar-refractivity contribution in [2.45, 2.75) is 0 Å². The Morgan fingerprint density at radius 1 is 0.283 bits per heavy atom. The van der Waals surface area contributed by atoms with Gasteiger partial charge in [-0.3, -0.25) is 0 Å². The van der Waals surface area contributed by atoms with Gasteiger partial charge in [0.2, 0.25) is 0 Å². The Balaban J connectivity index is 1.12. The van der Waals surface area contributed by atoms with Gasteiger partial charge in [-0.1, -0.05) is 176 Å². The van der Waals surface area contributed by atoms with E-state index in [0.29, 0.717) is 0 Å². The normalized spacial score (nSPS) is 11.7. The lowest BCUT2D eigenvalue weighted by Gasteiger charge is -2.29. The summed E-state index contributed by atoms with van der Waals surface area (Å²) in [5.74, 6) is 0. The smallest absolute Gasteiger partial charge is 0.137 e. The Labute approximate surface area is 347 Å². The summed E-state index contributed by atoms with van der Waals surface area (Å²) < 4.78 is 6.68. The van der Waals surface area contributed by atoms with Crippen molar-refractivity contribution < 1.29 is 4.42 Å². The Kier molecular flexibility index (Phi) is 7.89. The highest BCUT2D eigenvalue weighted by Crippen LogP contribution is 2.48. The number of furan rings is 1. The lowest BCUT2D eigenvalue weighted by atomic mass is 9.89. The summed E-state index contributed by atoms with van der Waals surface area (Å²) in [6, 6.07) is 81.3. The minimum absolute atomic E-state index is 0.859. The average Bonchev–Trinajstić information content (AvgIpc) is 3.69. The third-order valence-corrected chi connectivity index (χ3v) is 12.2. The molecule has 0 aliphatic carbocycles. The number of anilines is 3. The Hall–Kier alpha value is -7.94. The standard InChI is InChI=1S/C58H37NO/c1-2-16-38(17-3-1)46-32-33-54(51-29-13-12-26-48(46)51)59(55-30-15-31-56-58(55)53-35-39-18-4-5-19-40(39)37-57(53)60-56)43-22-14-21-41(34-43)44-24-8-9-27-49(44)52-36-42-20-6-7-23-45(42)47-25-10-11-28-50(47)52/h1-37H. The first-order valence-electron chi connectivity index (χ1n) is 20.6. The molecular weight excluding hydrogens is 727 g/mol. The van der Waals surface area contributed by atoms with Crippen molar-refractivity contribution in [3.05, 3.63) is 224 Å². The van der Waals surface area contributed by atoms with Crippen LogP contribution in [0.15, 0.2) is 229 Å². The molecule has 0 aliphatic rings. The number of fused-ring (bicyclic) bond motifs is 8. The van der Waals surface area contributed by atoms with Crippen molar-refractivity contribution in [2.75, 3.05) is 4.90 Å². The molecule has 11 aromatic carbocycles. The number of benzene rings is 11. The molecule has 0 amide bonds. The summed E-state index contributed by atoms with van der Waals surface area (Å²) in [6.45, 7) is 0. The van der Waals surface area contributed by atoms with E-state index < -0.39 is 0 Å². The largest absolute Gasteiger partial charge is 0.456 e. The van der Waals surface area contributed by atoms with Crippen LogP contribution in [0.4, 0.5) is 17.1 Å². The predicted molar refractivity (Wildman–Crippen MR) is 255 cm³/mol. The van der Waals surface area contributed by atoms with Crippen LogP contribution in [0.2, 0.25) is 0 Å². The van der Waals surface area contributed by atoms with Gasteiger partial charge in [-0.25, -0.2) is 0 Å². The molecule has 12 rings (SSSR count). The van der Waals surface area contributed by atoms with Crippen LogP contribution < -0.4 is 4.90 Å². The van der Waals surface area contributed by atoms with E-state index in [2.05, 4.69) is 229 Å². The second-order valence-electron chi connectivity index (χ2n) is 15.6. The van der Waals surface area contributed by atoms with Crippen LogP contribution in [0.5, 0.6) is 0 Å². The topological polar surface area (TPSA) is 16.4 Å². The summed E-state index contributed by atoms with van der Waals surface area (Å²) in [5.41, 5.74) is 12.1. The molecule has 0 fully saturated rings. The van der Waals surface area contributed by atoms with Crippen molar-refractivity contribution >= 4 is 82.1 Å². The van der Waals surface area contributed by atoms with Gasteiger partial charge in [0.1, 0.15) is 11.2 Å². The van der Waals surface area contributed by atoms with Gasteiger partial charge in [0.15, 0.2) is 0 Å². The minimum atomic E-state index is 0.859. The van der Waals surface area contributed by atoms with Gasteiger partial charge in [0, 0.05) is 16.5 Å². The molecule has 2 heteroatoms. The zero-order valence-corrected chi connectivity index (χ0v) is 32.7. The van der Waals surface area contributed by atoms with Gasteiger partial charge >= 0.3 is 0 Å². The lowest BCUT2D eigenvalue weighted by molar-refractivity contribution is 0.669. The van der Waals surface area contributed by atoms with E-state index in [4.69, 9.17) is 4.42 Å². The molecule has 0 atom stereocenters. The van der Waals surface area contributed by atoms with E-state index in [1.165, 1.54) is 65.5 Å². The molecule has 1 heterocycles. The highest BCUT2D eigenvalue weighted by molar-refractivity contribution is 6.18. The van der Waals surface area contributed by atoms with Gasteiger partial charge < -0.3 is 9.32 Å². The van der Waals surface area contributed by atoms with Gasteiger partial charge in [-0.05, 0) is 120 Å².